The van der Waals surface area contributed by atoms with Gasteiger partial charge >= 0.3 is 0 Å². The first-order chi connectivity index (χ1) is 13.7. The van der Waals surface area contributed by atoms with Crippen molar-refractivity contribution >= 4 is 5.57 Å². The predicted molar refractivity (Wildman–Crippen MR) is 130 cm³/mol. The summed E-state index contributed by atoms with van der Waals surface area (Å²) in [7, 11) is 0. The molecule has 29 heavy (non-hydrogen) atoms. The normalized spacial score (nSPS) is 13.7. The molecule has 0 amide bonds. The van der Waals surface area contributed by atoms with Crippen molar-refractivity contribution in [2.75, 3.05) is 0 Å². The van der Waals surface area contributed by atoms with E-state index in [0.717, 1.165) is 12.0 Å². The molecule has 0 aliphatic rings. The number of aryl methyl sites for hydroxylation is 1. The van der Waals surface area contributed by atoms with E-state index in [1.54, 1.807) is 0 Å². The highest BCUT2D eigenvalue weighted by Crippen LogP contribution is 2.40. The van der Waals surface area contributed by atoms with Gasteiger partial charge in [0.1, 0.15) is 0 Å². The van der Waals surface area contributed by atoms with E-state index in [4.69, 9.17) is 5.73 Å². The van der Waals surface area contributed by atoms with Crippen LogP contribution in [0.25, 0.3) is 16.7 Å². The summed E-state index contributed by atoms with van der Waals surface area (Å²) in [5.74, 6) is 0.426. The maximum Gasteiger partial charge on any atom is 0.0292 e. The van der Waals surface area contributed by atoms with E-state index in [2.05, 4.69) is 104 Å². The molecule has 0 aliphatic heterocycles. The summed E-state index contributed by atoms with van der Waals surface area (Å²) in [5, 5.41) is 0. The predicted octanol–water partition coefficient (Wildman–Crippen LogP) is 8.12. The van der Waals surface area contributed by atoms with Crippen molar-refractivity contribution < 1.29 is 0 Å². The highest BCUT2D eigenvalue weighted by atomic mass is 14.6. The standard InChI is InChI=1S/C28H37N/c1-9-11-25(21(8)18(3)4)28-24(19(5)6)17-12-20(7)27(28)23-15-13-22(14-16-23)26(29)10-2/h9,11-17,19,26H,3,10,29H2,1-2,4-8H3/b11-9-,25-21-. The van der Waals surface area contributed by atoms with Crippen molar-refractivity contribution in [1.82, 2.24) is 0 Å². The summed E-state index contributed by atoms with van der Waals surface area (Å²) in [4.78, 5) is 0. The number of allylic oxidation sites excluding steroid dienone is 5. The van der Waals surface area contributed by atoms with Gasteiger partial charge in [0, 0.05) is 6.04 Å². The first-order valence-corrected chi connectivity index (χ1v) is 10.7. The molecule has 0 fully saturated rings. The minimum absolute atomic E-state index is 0.0933. The van der Waals surface area contributed by atoms with E-state index in [0.29, 0.717) is 5.92 Å². The second-order valence-electron chi connectivity index (χ2n) is 8.33. The third-order valence-electron chi connectivity index (χ3n) is 5.78. The molecule has 0 spiro atoms. The second-order valence-corrected chi connectivity index (χ2v) is 8.33. The van der Waals surface area contributed by atoms with Gasteiger partial charge in [-0.2, -0.15) is 0 Å². The monoisotopic (exact) mass is 387 g/mol. The van der Waals surface area contributed by atoms with Crippen LogP contribution in [-0.2, 0) is 0 Å². The van der Waals surface area contributed by atoms with Gasteiger partial charge in [0.15, 0.2) is 0 Å². The molecule has 1 heteroatoms. The maximum absolute atomic E-state index is 6.24. The average molecular weight is 388 g/mol. The highest BCUT2D eigenvalue weighted by molar-refractivity contribution is 5.91. The Morgan fingerprint density at radius 3 is 2.17 bits per heavy atom. The lowest BCUT2D eigenvalue weighted by atomic mass is 9.81. The number of rotatable bonds is 7. The van der Waals surface area contributed by atoms with Crippen molar-refractivity contribution in [1.29, 1.82) is 0 Å². The van der Waals surface area contributed by atoms with Crippen LogP contribution in [-0.4, -0.2) is 0 Å². The average Bonchev–Trinajstić information content (AvgIpc) is 2.70. The Balaban J connectivity index is 2.87. The van der Waals surface area contributed by atoms with Crippen molar-refractivity contribution in [3.05, 3.63) is 88.5 Å². The third kappa shape index (κ3) is 4.97. The minimum atomic E-state index is 0.0933. The van der Waals surface area contributed by atoms with Crippen LogP contribution < -0.4 is 5.73 Å². The SMILES string of the molecule is C=C(C)/C(C)=C(/C=C\C)c1c(C(C)C)ccc(C)c1-c1ccc(C(N)CC)cc1. The van der Waals surface area contributed by atoms with Gasteiger partial charge in [-0.05, 0) is 84.6 Å². The van der Waals surface area contributed by atoms with Crippen LogP contribution >= 0.6 is 0 Å². The number of hydrogen-bond donors (Lipinski definition) is 1. The molecule has 0 aromatic heterocycles. The van der Waals surface area contributed by atoms with Crippen LogP contribution in [0.5, 0.6) is 0 Å². The Hall–Kier alpha value is -2.38. The Morgan fingerprint density at radius 1 is 1.07 bits per heavy atom. The van der Waals surface area contributed by atoms with Crippen LogP contribution in [0.2, 0.25) is 0 Å². The molecule has 0 bridgehead atoms. The number of hydrogen-bond acceptors (Lipinski definition) is 1. The quantitative estimate of drug-likeness (QED) is 0.477. The van der Waals surface area contributed by atoms with E-state index < -0.39 is 0 Å². The lowest BCUT2D eigenvalue weighted by Crippen LogP contribution is -2.08. The molecule has 1 unspecified atom stereocenters. The Morgan fingerprint density at radius 2 is 1.69 bits per heavy atom. The first kappa shape index (κ1) is 22.9. The Bertz CT molecular complexity index is 924. The molecule has 1 atom stereocenters. The highest BCUT2D eigenvalue weighted by Gasteiger charge is 2.19. The number of nitrogens with two attached hydrogens (primary N) is 1. The molecule has 0 saturated heterocycles. The van der Waals surface area contributed by atoms with Gasteiger partial charge in [-0.25, -0.2) is 0 Å². The lowest BCUT2D eigenvalue weighted by molar-refractivity contribution is 0.699. The van der Waals surface area contributed by atoms with Gasteiger partial charge in [-0.15, -0.1) is 0 Å². The minimum Gasteiger partial charge on any atom is -0.324 e. The summed E-state index contributed by atoms with van der Waals surface area (Å²) < 4.78 is 0. The van der Waals surface area contributed by atoms with Gasteiger partial charge in [0.25, 0.3) is 0 Å². The van der Waals surface area contributed by atoms with Gasteiger partial charge in [0.05, 0.1) is 0 Å². The van der Waals surface area contributed by atoms with Crippen LogP contribution in [0.4, 0.5) is 0 Å². The van der Waals surface area contributed by atoms with Gasteiger partial charge in [0.2, 0.25) is 0 Å². The molecule has 2 rings (SSSR count). The smallest absolute Gasteiger partial charge is 0.0292 e. The zero-order valence-corrected chi connectivity index (χ0v) is 19.3. The van der Waals surface area contributed by atoms with Crippen molar-refractivity contribution in [3.63, 3.8) is 0 Å². The van der Waals surface area contributed by atoms with E-state index >= 15 is 0 Å². The van der Waals surface area contributed by atoms with E-state index in [-0.39, 0.29) is 6.04 Å². The van der Waals surface area contributed by atoms with Crippen molar-refractivity contribution in [2.45, 2.75) is 66.8 Å². The third-order valence-corrected chi connectivity index (χ3v) is 5.78. The van der Waals surface area contributed by atoms with Crippen molar-refractivity contribution in [2.24, 2.45) is 5.73 Å². The van der Waals surface area contributed by atoms with Gasteiger partial charge in [-0.1, -0.05) is 81.5 Å². The topological polar surface area (TPSA) is 26.0 Å². The van der Waals surface area contributed by atoms with Crippen LogP contribution in [0.3, 0.4) is 0 Å². The molecule has 0 saturated carbocycles. The summed E-state index contributed by atoms with van der Waals surface area (Å²) in [6, 6.07) is 13.4. The Labute approximate surface area is 178 Å². The zero-order chi connectivity index (χ0) is 21.7. The van der Waals surface area contributed by atoms with Crippen LogP contribution in [0, 0.1) is 6.92 Å². The fourth-order valence-corrected chi connectivity index (χ4v) is 3.79. The lowest BCUT2D eigenvalue weighted by Gasteiger charge is -2.23. The fourth-order valence-electron chi connectivity index (χ4n) is 3.79. The van der Waals surface area contributed by atoms with E-state index in [1.807, 2.05) is 0 Å². The zero-order valence-electron chi connectivity index (χ0n) is 19.3. The van der Waals surface area contributed by atoms with E-state index in [9.17, 15) is 0 Å². The summed E-state index contributed by atoms with van der Waals surface area (Å²) in [6.45, 7) is 19.4. The molecule has 2 N–H and O–H groups in total. The molecule has 0 aliphatic carbocycles. The molecule has 0 radical (unpaired) electrons. The Kier molecular flexibility index (Phi) is 7.81. The molecule has 1 nitrogen and oxygen atoms in total. The van der Waals surface area contributed by atoms with Crippen LogP contribution in [0.1, 0.15) is 82.2 Å². The van der Waals surface area contributed by atoms with E-state index in [1.165, 1.54) is 44.5 Å². The molecule has 0 heterocycles. The number of benzene rings is 2. The van der Waals surface area contributed by atoms with Gasteiger partial charge < -0.3 is 5.73 Å². The summed E-state index contributed by atoms with van der Waals surface area (Å²) in [5.41, 5.74) is 17.6. The van der Waals surface area contributed by atoms with Crippen molar-refractivity contribution in [3.8, 4) is 11.1 Å². The summed E-state index contributed by atoms with van der Waals surface area (Å²) in [6.07, 6.45) is 5.30. The van der Waals surface area contributed by atoms with Crippen LogP contribution in [0.15, 0.2) is 66.3 Å². The first-order valence-electron chi connectivity index (χ1n) is 10.7. The molecular weight excluding hydrogens is 350 g/mol. The second kappa shape index (κ2) is 9.89. The maximum atomic E-state index is 6.24. The van der Waals surface area contributed by atoms with Gasteiger partial charge in [-0.3, -0.25) is 0 Å². The molecule has 2 aromatic rings. The summed E-state index contributed by atoms with van der Waals surface area (Å²) >= 11 is 0. The fraction of sp³-hybridized carbons (Fsp3) is 0.357. The largest absolute Gasteiger partial charge is 0.324 e. The molecule has 154 valence electrons. The molecular formula is C28H37N. The molecule has 2 aromatic carbocycles.